The van der Waals surface area contributed by atoms with E-state index in [-0.39, 0.29) is 31.0 Å². The Bertz CT molecular complexity index is 1360. The first-order valence-electron chi connectivity index (χ1n) is 11.8. The molecule has 0 saturated heterocycles. The average Bonchev–Trinajstić information content (AvgIpc) is 2.87. The van der Waals surface area contributed by atoms with Crippen molar-refractivity contribution in [2.24, 2.45) is 0 Å². The lowest BCUT2D eigenvalue weighted by Gasteiger charge is -2.16. The molecule has 0 saturated carbocycles. The lowest BCUT2D eigenvalue weighted by atomic mass is 10.0. The van der Waals surface area contributed by atoms with Gasteiger partial charge in [0.15, 0.2) is 0 Å². The molecule has 3 aromatic rings. The fourth-order valence-corrected chi connectivity index (χ4v) is 4.29. The van der Waals surface area contributed by atoms with Crippen molar-refractivity contribution in [2.75, 3.05) is 25.2 Å². The number of rotatable bonds is 13. The number of nitrogens with one attached hydrogen (secondary N) is 1. The standard InChI is InChI=1S/C27H29ClN2O7S/c1-3-36-25(15-26(31)32)19-5-8-21(9-6-19)37-17-18-4-10-23(28)22(14-18)20-7-11-24(30-16-20)27(33)29-12-13-38(2,34)35/h4-11,14,16,25H,3,12-13,15,17H2,1-2H3,(H,29,33)(H,31,32)/t25-/m0/s1. The van der Waals surface area contributed by atoms with Gasteiger partial charge in [-0.2, -0.15) is 0 Å². The second kappa shape index (κ2) is 13.4. The molecule has 0 radical (unpaired) electrons. The number of hydrogen-bond acceptors (Lipinski definition) is 7. The molecule has 0 unspecified atom stereocenters. The van der Waals surface area contributed by atoms with Crippen molar-refractivity contribution >= 4 is 33.3 Å². The molecule has 9 nitrogen and oxygen atoms in total. The third-order valence-corrected chi connectivity index (χ3v) is 6.76. The normalized spacial score (nSPS) is 12.1. The average molecular weight is 561 g/mol. The van der Waals surface area contributed by atoms with E-state index in [1.165, 1.54) is 6.20 Å². The Morgan fingerprint density at radius 3 is 2.45 bits per heavy atom. The van der Waals surface area contributed by atoms with Gasteiger partial charge in [0.2, 0.25) is 0 Å². The molecule has 1 heterocycles. The third kappa shape index (κ3) is 8.83. The van der Waals surface area contributed by atoms with E-state index in [9.17, 15) is 18.0 Å². The van der Waals surface area contributed by atoms with E-state index < -0.39 is 27.8 Å². The Hall–Kier alpha value is -3.47. The zero-order valence-electron chi connectivity index (χ0n) is 21.0. The SMILES string of the molecule is CCO[C@@H](CC(=O)O)c1ccc(OCc2ccc(Cl)c(-c3ccc(C(=O)NCCS(C)(=O)=O)nc3)c2)cc1. The van der Waals surface area contributed by atoms with Crippen LogP contribution in [0.3, 0.4) is 0 Å². The van der Waals surface area contributed by atoms with E-state index in [1.807, 2.05) is 19.1 Å². The maximum atomic E-state index is 12.2. The first-order chi connectivity index (χ1) is 18.1. The molecule has 3 rings (SSSR count). The van der Waals surface area contributed by atoms with E-state index in [0.29, 0.717) is 28.5 Å². The van der Waals surface area contributed by atoms with E-state index in [2.05, 4.69) is 10.3 Å². The molecule has 11 heteroatoms. The van der Waals surface area contributed by atoms with Gasteiger partial charge < -0.3 is 19.9 Å². The molecule has 0 aliphatic carbocycles. The summed E-state index contributed by atoms with van der Waals surface area (Å²) in [6, 6.07) is 15.8. The minimum absolute atomic E-state index is 0.00708. The summed E-state index contributed by atoms with van der Waals surface area (Å²) < 4.78 is 33.9. The van der Waals surface area contributed by atoms with Crippen molar-refractivity contribution in [3.8, 4) is 16.9 Å². The number of carbonyl (C=O) groups is 2. The number of carboxylic acids is 1. The molecular weight excluding hydrogens is 532 g/mol. The summed E-state index contributed by atoms with van der Waals surface area (Å²) in [5.41, 5.74) is 3.20. The number of carboxylic acid groups (broad SMARTS) is 1. The van der Waals surface area contributed by atoms with Crippen LogP contribution in [-0.4, -0.2) is 55.5 Å². The molecule has 0 aliphatic rings. The number of aliphatic carboxylic acids is 1. The predicted octanol–water partition coefficient (Wildman–Crippen LogP) is 4.31. The van der Waals surface area contributed by atoms with Crippen molar-refractivity contribution in [3.05, 3.63) is 82.6 Å². The van der Waals surface area contributed by atoms with Gasteiger partial charge >= 0.3 is 5.97 Å². The number of sulfone groups is 1. The lowest BCUT2D eigenvalue weighted by molar-refractivity contribution is -0.140. The number of benzene rings is 2. The molecular formula is C27H29ClN2O7S. The second-order valence-corrected chi connectivity index (χ2v) is 11.2. The summed E-state index contributed by atoms with van der Waals surface area (Å²) in [6.45, 7) is 2.50. The number of amides is 1. The van der Waals surface area contributed by atoms with Gasteiger partial charge in [0.05, 0.1) is 18.3 Å². The smallest absolute Gasteiger partial charge is 0.306 e. The molecule has 1 aromatic heterocycles. The maximum Gasteiger partial charge on any atom is 0.306 e. The summed E-state index contributed by atoms with van der Waals surface area (Å²) >= 11 is 6.41. The zero-order valence-corrected chi connectivity index (χ0v) is 22.6. The number of aromatic nitrogens is 1. The van der Waals surface area contributed by atoms with Crippen molar-refractivity contribution in [3.63, 3.8) is 0 Å². The minimum atomic E-state index is -3.17. The number of ether oxygens (including phenoxy) is 2. The summed E-state index contributed by atoms with van der Waals surface area (Å²) in [4.78, 5) is 27.5. The zero-order chi connectivity index (χ0) is 27.7. The van der Waals surface area contributed by atoms with Gasteiger partial charge in [-0.25, -0.2) is 8.42 Å². The molecule has 1 atom stereocenters. The minimum Gasteiger partial charge on any atom is -0.489 e. The van der Waals surface area contributed by atoms with Gasteiger partial charge in [-0.05, 0) is 48.4 Å². The summed E-state index contributed by atoms with van der Waals surface area (Å²) in [5.74, 6) is -0.928. The first kappa shape index (κ1) is 29.1. The van der Waals surface area contributed by atoms with Crippen LogP contribution in [0.2, 0.25) is 5.02 Å². The van der Waals surface area contributed by atoms with Gasteiger partial charge in [-0.3, -0.25) is 14.6 Å². The highest BCUT2D eigenvalue weighted by molar-refractivity contribution is 7.90. The van der Waals surface area contributed by atoms with Gasteiger partial charge in [0, 0.05) is 41.8 Å². The van der Waals surface area contributed by atoms with Gasteiger partial charge in [-0.1, -0.05) is 35.9 Å². The third-order valence-electron chi connectivity index (χ3n) is 5.48. The number of hydrogen-bond donors (Lipinski definition) is 2. The highest BCUT2D eigenvalue weighted by Crippen LogP contribution is 2.29. The van der Waals surface area contributed by atoms with Crippen LogP contribution < -0.4 is 10.1 Å². The van der Waals surface area contributed by atoms with Crippen molar-refractivity contribution in [1.29, 1.82) is 0 Å². The quantitative estimate of drug-likeness (QED) is 0.316. The predicted molar refractivity (Wildman–Crippen MR) is 144 cm³/mol. The monoisotopic (exact) mass is 560 g/mol. The Kier molecular flexibility index (Phi) is 10.2. The summed E-state index contributed by atoms with van der Waals surface area (Å²) in [5, 5.41) is 12.1. The van der Waals surface area contributed by atoms with Gasteiger partial charge in [0.1, 0.15) is 27.9 Å². The van der Waals surface area contributed by atoms with Crippen LogP contribution in [0.4, 0.5) is 0 Å². The molecule has 0 spiro atoms. The van der Waals surface area contributed by atoms with Crippen LogP contribution in [-0.2, 0) is 26.0 Å². The Labute approximate surface area is 226 Å². The van der Waals surface area contributed by atoms with Crippen LogP contribution in [0.5, 0.6) is 5.75 Å². The van der Waals surface area contributed by atoms with Crippen LogP contribution in [0, 0.1) is 0 Å². The largest absolute Gasteiger partial charge is 0.489 e. The van der Waals surface area contributed by atoms with Crippen LogP contribution in [0.1, 0.15) is 41.1 Å². The highest BCUT2D eigenvalue weighted by atomic mass is 35.5. The van der Waals surface area contributed by atoms with Crippen molar-refractivity contribution in [2.45, 2.75) is 26.1 Å². The molecule has 202 valence electrons. The Balaban J connectivity index is 1.64. The fourth-order valence-electron chi connectivity index (χ4n) is 3.59. The first-order valence-corrected chi connectivity index (χ1v) is 14.3. The number of carbonyl (C=O) groups excluding carboxylic acids is 1. The maximum absolute atomic E-state index is 12.2. The molecule has 2 aromatic carbocycles. The highest BCUT2D eigenvalue weighted by Gasteiger charge is 2.16. The fraction of sp³-hybridized carbons (Fsp3) is 0.296. The molecule has 0 fully saturated rings. The molecule has 1 amide bonds. The summed E-state index contributed by atoms with van der Waals surface area (Å²) in [6.07, 6.45) is 1.99. The van der Waals surface area contributed by atoms with Crippen LogP contribution in [0.25, 0.3) is 11.1 Å². The van der Waals surface area contributed by atoms with Crippen LogP contribution in [0.15, 0.2) is 60.8 Å². The van der Waals surface area contributed by atoms with E-state index in [0.717, 1.165) is 17.4 Å². The topological polar surface area (TPSA) is 132 Å². The van der Waals surface area contributed by atoms with Gasteiger partial charge in [-0.15, -0.1) is 0 Å². The van der Waals surface area contributed by atoms with E-state index in [1.54, 1.807) is 42.5 Å². The van der Waals surface area contributed by atoms with E-state index in [4.69, 9.17) is 26.2 Å². The van der Waals surface area contributed by atoms with Crippen molar-refractivity contribution in [1.82, 2.24) is 10.3 Å². The number of pyridine rings is 1. The summed E-state index contributed by atoms with van der Waals surface area (Å²) in [7, 11) is -3.17. The van der Waals surface area contributed by atoms with Crippen molar-refractivity contribution < 1.29 is 32.6 Å². The Morgan fingerprint density at radius 2 is 1.84 bits per heavy atom. The Morgan fingerprint density at radius 1 is 1.11 bits per heavy atom. The van der Waals surface area contributed by atoms with Crippen LogP contribution >= 0.6 is 11.6 Å². The molecule has 0 aliphatic heterocycles. The lowest BCUT2D eigenvalue weighted by Crippen LogP contribution is -2.29. The number of nitrogens with zero attached hydrogens (tertiary/aromatic N) is 1. The molecule has 38 heavy (non-hydrogen) atoms. The number of halogens is 1. The van der Waals surface area contributed by atoms with E-state index >= 15 is 0 Å². The molecule has 2 N–H and O–H groups in total. The van der Waals surface area contributed by atoms with Gasteiger partial charge in [0.25, 0.3) is 5.91 Å². The second-order valence-electron chi connectivity index (χ2n) is 8.53. The molecule has 0 bridgehead atoms.